The number of carbonyl (C=O) groups excluding carboxylic acids is 1. The van der Waals surface area contributed by atoms with Gasteiger partial charge in [-0.1, -0.05) is 36.1 Å². The summed E-state index contributed by atoms with van der Waals surface area (Å²) in [4.78, 5) is 14.0. The summed E-state index contributed by atoms with van der Waals surface area (Å²) in [6.07, 6.45) is 1.77. The minimum Gasteiger partial charge on any atom is -0.493 e. The average Bonchev–Trinajstić information content (AvgIpc) is 2.66. The summed E-state index contributed by atoms with van der Waals surface area (Å²) in [5.74, 6) is 1.13. The molecule has 0 spiro atoms. The normalized spacial score (nSPS) is 17.2. The molecule has 1 aliphatic heterocycles. The zero-order valence-electron chi connectivity index (χ0n) is 10.8. The average molecular weight is 295 g/mol. The zero-order valence-corrected chi connectivity index (χ0v) is 12.4. The van der Waals surface area contributed by atoms with E-state index in [2.05, 4.69) is 0 Å². The fourth-order valence-corrected chi connectivity index (χ4v) is 2.88. The Bertz CT molecular complexity index is 569. The molecular formula is C13H13NO3S2. The number of rotatable bonds is 3. The molecule has 100 valence electrons. The van der Waals surface area contributed by atoms with Gasteiger partial charge in [0.15, 0.2) is 11.5 Å². The molecule has 0 aliphatic carbocycles. The largest absolute Gasteiger partial charge is 0.493 e. The van der Waals surface area contributed by atoms with Crippen molar-refractivity contribution in [2.75, 3.05) is 21.3 Å². The van der Waals surface area contributed by atoms with Gasteiger partial charge in [-0.3, -0.25) is 9.69 Å². The fourth-order valence-electron chi connectivity index (χ4n) is 1.71. The highest BCUT2D eigenvalue weighted by Crippen LogP contribution is 2.36. The van der Waals surface area contributed by atoms with Gasteiger partial charge < -0.3 is 9.47 Å². The van der Waals surface area contributed by atoms with E-state index in [-0.39, 0.29) is 5.91 Å². The number of hydrogen-bond acceptors (Lipinski definition) is 5. The third-order valence-corrected chi connectivity index (χ3v) is 4.19. The lowest BCUT2D eigenvalue weighted by Gasteiger charge is -2.10. The lowest BCUT2D eigenvalue weighted by Crippen LogP contribution is -2.22. The zero-order chi connectivity index (χ0) is 14.0. The van der Waals surface area contributed by atoms with Crippen LogP contribution in [0, 0.1) is 0 Å². The highest BCUT2D eigenvalue weighted by molar-refractivity contribution is 8.26. The molecule has 1 aromatic carbocycles. The second kappa shape index (κ2) is 5.63. The predicted octanol–water partition coefficient (Wildman–Crippen LogP) is 2.53. The molecule has 2 rings (SSSR count). The Balaban J connectivity index is 2.44. The lowest BCUT2D eigenvalue weighted by molar-refractivity contribution is -0.121. The predicted molar refractivity (Wildman–Crippen MR) is 80.5 cm³/mol. The third-order valence-electron chi connectivity index (χ3n) is 2.71. The first kappa shape index (κ1) is 13.9. The molecule has 4 nitrogen and oxygen atoms in total. The number of amides is 1. The molecule has 1 amide bonds. The maximum atomic E-state index is 12.0. The van der Waals surface area contributed by atoms with E-state index in [1.165, 1.54) is 16.7 Å². The van der Waals surface area contributed by atoms with Crippen LogP contribution in [0.25, 0.3) is 6.08 Å². The van der Waals surface area contributed by atoms with Crippen molar-refractivity contribution in [3.63, 3.8) is 0 Å². The van der Waals surface area contributed by atoms with Gasteiger partial charge in [-0.05, 0) is 12.1 Å². The number of para-hydroxylation sites is 1. The van der Waals surface area contributed by atoms with E-state index in [9.17, 15) is 4.79 Å². The highest BCUT2D eigenvalue weighted by Gasteiger charge is 2.29. The van der Waals surface area contributed by atoms with Crippen molar-refractivity contribution in [3.05, 3.63) is 28.7 Å². The van der Waals surface area contributed by atoms with Gasteiger partial charge in [-0.15, -0.1) is 0 Å². The second-order valence-electron chi connectivity index (χ2n) is 3.82. The molecule has 0 atom stereocenters. The van der Waals surface area contributed by atoms with Crippen molar-refractivity contribution < 1.29 is 14.3 Å². The number of thiocarbonyl (C=S) groups is 1. The van der Waals surface area contributed by atoms with Crippen molar-refractivity contribution in [1.29, 1.82) is 0 Å². The summed E-state index contributed by atoms with van der Waals surface area (Å²) in [6, 6.07) is 5.52. The molecule has 0 aromatic heterocycles. The van der Waals surface area contributed by atoms with E-state index in [0.29, 0.717) is 20.7 Å². The molecule has 1 saturated heterocycles. The van der Waals surface area contributed by atoms with E-state index in [1.54, 1.807) is 33.4 Å². The van der Waals surface area contributed by atoms with Gasteiger partial charge in [0.05, 0.1) is 19.1 Å². The van der Waals surface area contributed by atoms with E-state index >= 15 is 0 Å². The number of thioether (sulfide) groups is 1. The van der Waals surface area contributed by atoms with Crippen molar-refractivity contribution >= 4 is 40.3 Å². The Morgan fingerprint density at radius 1 is 1.32 bits per heavy atom. The van der Waals surface area contributed by atoms with Gasteiger partial charge in [-0.2, -0.15) is 0 Å². The minimum atomic E-state index is -0.0973. The Kier molecular flexibility index (Phi) is 4.11. The van der Waals surface area contributed by atoms with Crippen LogP contribution in [0.15, 0.2) is 23.1 Å². The van der Waals surface area contributed by atoms with Crippen LogP contribution in [-0.2, 0) is 4.79 Å². The van der Waals surface area contributed by atoms with E-state index in [1.807, 2.05) is 12.1 Å². The maximum Gasteiger partial charge on any atom is 0.265 e. The minimum absolute atomic E-state index is 0.0973. The molecule has 0 radical (unpaired) electrons. The number of hydrogen-bond donors (Lipinski definition) is 0. The number of nitrogens with zero attached hydrogens (tertiary/aromatic N) is 1. The summed E-state index contributed by atoms with van der Waals surface area (Å²) < 4.78 is 11.1. The topological polar surface area (TPSA) is 38.8 Å². The number of benzene rings is 1. The fraction of sp³-hybridized carbons (Fsp3) is 0.231. The molecule has 1 fully saturated rings. The highest BCUT2D eigenvalue weighted by atomic mass is 32.2. The number of methoxy groups -OCH3 is 2. The Labute approximate surface area is 121 Å². The van der Waals surface area contributed by atoms with Gasteiger partial charge in [0.2, 0.25) is 0 Å². The molecular weight excluding hydrogens is 282 g/mol. The quantitative estimate of drug-likeness (QED) is 0.633. The summed E-state index contributed by atoms with van der Waals surface area (Å²) in [5, 5.41) is 0. The monoisotopic (exact) mass is 295 g/mol. The third kappa shape index (κ3) is 2.59. The molecule has 1 heterocycles. The van der Waals surface area contributed by atoms with Crippen LogP contribution in [0.1, 0.15) is 5.56 Å². The summed E-state index contributed by atoms with van der Waals surface area (Å²) in [6.45, 7) is 0. The Morgan fingerprint density at radius 3 is 2.58 bits per heavy atom. The molecule has 0 saturated carbocycles. The first-order valence-electron chi connectivity index (χ1n) is 5.51. The number of carbonyl (C=O) groups is 1. The van der Waals surface area contributed by atoms with Gasteiger partial charge in [-0.25, -0.2) is 0 Å². The molecule has 1 aliphatic rings. The first-order chi connectivity index (χ1) is 9.08. The van der Waals surface area contributed by atoms with Crippen LogP contribution >= 0.6 is 24.0 Å². The van der Waals surface area contributed by atoms with Crippen LogP contribution in [0.2, 0.25) is 0 Å². The van der Waals surface area contributed by atoms with Crippen LogP contribution in [-0.4, -0.2) is 36.4 Å². The first-order valence-corrected chi connectivity index (χ1v) is 6.73. The van der Waals surface area contributed by atoms with Crippen molar-refractivity contribution in [1.82, 2.24) is 4.90 Å². The van der Waals surface area contributed by atoms with E-state index < -0.39 is 0 Å². The van der Waals surface area contributed by atoms with E-state index in [0.717, 1.165) is 5.56 Å². The Morgan fingerprint density at radius 2 is 2.05 bits per heavy atom. The lowest BCUT2D eigenvalue weighted by atomic mass is 10.1. The summed E-state index contributed by atoms with van der Waals surface area (Å²) >= 11 is 6.38. The van der Waals surface area contributed by atoms with Crippen molar-refractivity contribution in [3.8, 4) is 11.5 Å². The molecule has 1 aromatic rings. The Hall–Kier alpha value is -1.53. The van der Waals surface area contributed by atoms with Gasteiger partial charge in [0.25, 0.3) is 5.91 Å². The number of ether oxygens (including phenoxy) is 2. The maximum absolute atomic E-state index is 12.0. The van der Waals surface area contributed by atoms with Gasteiger partial charge >= 0.3 is 0 Å². The van der Waals surface area contributed by atoms with Crippen molar-refractivity contribution in [2.24, 2.45) is 0 Å². The van der Waals surface area contributed by atoms with E-state index in [4.69, 9.17) is 21.7 Å². The van der Waals surface area contributed by atoms with Gasteiger partial charge in [0.1, 0.15) is 4.32 Å². The van der Waals surface area contributed by atoms with Crippen molar-refractivity contribution in [2.45, 2.75) is 0 Å². The van der Waals surface area contributed by atoms with Gasteiger partial charge in [0, 0.05) is 12.6 Å². The molecule has 19 heavy (non-hydrogen) atoms. The smallest absolute Gasteiger partial charge is 0.265 e. The molecule has 0 bridgehead atoms. The standard InChI is InChI=1S/C13H13NO3S2/c1-14-12(15)10(19-13(14)18)7-8-5-4-6-9(16-2)11(8)17-3/h4-7H,1-3H3. The SMILES string of the molecule is COc1cccc(C=C2SC(=S)N(C)C2=O)c1OC. The molecule has 6 heteroatoms. The van der Waals surface area contributed by atoms with Crippen LogP contribution in [0.4, 0.5) is 0 Å². The van der Waals surface area contributed by atoms with Crippen LogP contribution < -0.4 is 9.47 Å². The second-order valence-corrected chi connectivity index (χ2v) is 5.50. The summed E-state index contributed by atoms with van der Waals surface area (Å²) in [5.41, 5.74) is 0.788. The van der Waals surface area contributed by atoms with Crippen LogP contribution in [0.5, 0.6) is 11.5 Å². The summed E-state index contributed by atoms with van der Waals surface area (Å²) in [7, 11) is 4.81. The molecule has 0 unspecified atom stereocenters. The van der Waals surface area contributed by atoms with Crippen LogP contribution in [0.3, 0.4) is 0 Å². The number of likely N-dealkylation sites (N-methyl/N-ethyl adjacent to an activating group) is 1. The molecule has 0 N–H and O–H groups in total.